The highest BCUT2D eigenvalue weighted by atomic mass is 16.5. The fourth-order valence-electron chi connectivity index (χ4n) is 1.50. The highest BCUT2D eigenvalue weighted by molar-refractivity contribution is 5.69. The van der Waals surface area contributed by atoms with Crippen LogP contribution in [0.5, 0.6) is 0 Å². The Kier molecular flexibility index (Phi) is 2.48. The molecule has 3 heteroatoms. The first kappa shape index (κ1) is 9.19. The van der Waals surface area contributed by atoms with E-state index in [4.69, 9.17) is 4.74 Å². The summed E-state index contributed by atoms with van der Waals surface area (Å²) in [7, 11) is 0. The van der Waals surface area contributed by atoms with Gasteiger partial charge in [0.2, 0.25) is 0 Å². The molecule has 14 heavy (non-hydrogen) atoms. The monoisotopic (exact) mass is 191 g/mol. The molecule has 1 fully saturated rings. The predicted octanol–water partition coefficient (Wildman–Crippen LogP) is 1.89. The van der Waals surface area contributed by atoms with E-state index in [1.54, 1.807) is 6.20 Å². The molecule has 1 aromatic rings. The number of esters is 1. The smallest absolute Gasteiger partial charge is 0.305 e. The summed E-state index contributed by atoms with van der Waals surface area (Å²) in [5, 5.41) is 0. The molecule has 1 aromatic heterocycles. The normalized spacial score (nSPS) is 24.4. The molecule has 1 heterocycles. The lowest BCUT2D eigenvalue weighted by molar-refractivity contribution is -0.144. The number of rotatable bonds is 3. The molecule has 2 rings (SSSR count). The topological polar surface area (TPSA) is 39.2 Å². The second kappa shape index (κ2) is 3.78. The van der Waals surface area contributed by atoms with E-state index in [2.05, 4.69) is 4.98 Å². The number of ether oxygens (including phenoxy) is 1. The van der Waals surface area contributed by atoms with Crippen LogP contribution >= 0.6 is 0 Å². The fraction of sp³-hybridized carbons (Fsp3) is 0.455. The molecule has 1 aliphatic rings. The summed E-state index contributed by atoms with van der Waals surface area (Å²) >= 11 is 0. The Balaban J connectivity index is 1.91. The van der Waals surface area contributed by atoms with Crippen LogP contribution in [0.3, 0.4) is 0 Å². The summed E-state index contributed by atoms with van der Waals surface area (Å²) in [6, 6.07) is 3.93. The van der Waals surface area contributed by atoms with Crippen LogP contribution in [-0.2, 0) is 9.53 Å². The van der Waals surface area contributed by atoms with Crippen LogP contribution in [0, 0.1) is 0 Å². The van der Waals surface area contributed by atoms with Crippen molar-refractivity contribution < 1.29 is 9.53 Å². The number of carbonyl (C=O) groups is 1. The zero-order valence-electron chi connectivity index (χ0n) is 8.14. The molecule has 2 unspecified atom stereocenters. The quantitative estimate of drug-likeness (QED) is 0.685. The molecule has 1 saturated carbocycles. The van der Waals surface area contributed by atoms with Gasteiger partial charge in [-0.25, -0.2) is 0 Å². The summed E-state index contributed by atoms with van der Waals surface area (Å²) < 4.78 is 5.21. The lowest BCUT2D eigenvalue weighted by Gasteiger charge is -2.01. The molecule has 0 aliphatic heterocycles. The van der Waals surface area contributed by atoms with Crippen LogP contribution in [0.2, 0.25) is 0 Å². The first-order chi connectivity index (χ1) is 6.81. The van der Waals surface area contributed by atoms with Crippen molar-refractivity contribution in [3.63, 3.8) is 0 Å². The molecular formula is C11H13NO2. The van der Waals surface area contributed by atoms with Gasteiger partial charge in [0.15, 0.2) is 0 Å². The van der Waals surface area contributed by atoms with E-state index in [0.29, 0.717) is 12.3 Å². The Labute approximate surface area is 83.1 Å². The number of aromatic nitrogens is 1. The summed E-state index contributed by atoms with van der Waals surface area (Å²) in [5.74, 6) is 0.264. The lowest BCUT2D eigenvalue weighted by atomic mass is 10.2. The average Bonchev–Trinajstić information content (AvgIpc) is 2.98. The number of hydrogen-bond acceptors (Lipinski definition) is 3. The molecule has 3 nitrogen and oxygen atoms in total. The molecule has 1 aliphatic carbocycles. The molecule has 0 bridgehead atoms. The minimum Gasteiger partial charge on any atom is -0.462 e. The average molecular weight is 191 g/mol. The lowest BCUT2D eigenvalue weighted by Crippen LogP contribution is -2.05. The predicted molar refractivity (Wildman–Crippen MR) is 51.8 cm³/mol. The summed E-state index contributed by atoms with van der Waals surface area (Å²) in [4.78, 5) is 15.0. The van der Waals surface area contributed by atoms with E-state index in [-0.39, 0.29) is 12.1 Å². The Bertz CT molecular complexity index is 323. The number of hydrogen-bond donors (Lipinski definition) is 0. The standard InChI is InChI=1S/C11H13NO2/c1-2-11(13)14-10-6-9(10)8-4-3-5-12-7-8/h3-5,7,9-10H,2,6H2,1H3. The van der Waals surface area contributed by atoms with Crippen LogP contribution in [0.25, 0.3) is 0 Å². The van der Waals surface area contributed by atoms with Crippen LogP contribution in [-0.4, -0.2) is 17.1 Å². The zero-order valence-corrected chi connectivity index (χ0v) is 8.14. The molecule has 0 radical (unpaired) electrons. The third kappa shape index (κ3) is 1.92. The van der Waals surface area contributed by atoms with Crippen LogP contribution in [0.1, 0.15) is 31.2 Å². The Morgan fingerprint density at radius 3 is 3.21 bits per heavy atom. The van der Waals surface area contributed by atoms with E-state index in [1.807, 2.05) is 25.3 Å². The minimum atomic E-state index is -0.110. The number of carbonyl (C=O) groups excluding carboxylic acids is 1. The van der Waals surface area contributed by atoms with Crippen LogP contribution in [0.15, 0.2) is 24.5 Å². The molecule has 2 atom stereocenters. The van der Waals surface area contributed by atoms with Gasteiger partial charge in [-0.3, -0.25) is 9.78 Å². The van der Waals surface area contributed by atoms with Crippen LogP contribution in [0.4, 0.5) is 0 Å². The van der Waals surface area contributed by atoms with Crippen molar-refractivity contribution >= 4 is 5.97 Å². The van der Waals surface area contributed by atoms with Crippen molar-refractivity contribution in [1.29, 1.82) is 0 Å². The SMILES string of the molecule is CCC(=O)OC1CC1c1cccnc1. The molecule has 0 N–H and O–H groups in total. The Morgan fingerprint density at radius 1 is 1.71 bits per heavy atom. The Morgan fingerprint density at radius 2 is 2.57 bits per heavy atom. The zero-order chi connectivity index (χ0) is 9.97. The molecule has 0 saturated heterocycles. The third-order valence-corrected chi connectivity index (χ3v) is 2.42. The highest BCUT2D eigenvalue weighted by Crippen LogP contribution is 2.43. The third-order valence-electron chi connectivity index (χ3n) is 2.42. The van der Waals surface area contributed by atoms with Crippen molar-refractivity contribution in [1.82, 2.24) is 4.98 Å². The van der Waals surface area contributed by atoms with Gasteiger partial charge in [0.1, 0.15) is 6.10 Å². The maximum atomic E-state index is 11.0. The van der Waals surface area contributed by atoms with Gasteiger partial charge in [-0.15, -0.1) is 0 Å². The van der Waals surface area contributed by atoms with Gasteiger partial charge >= 0.3 is 5.97 Å². The van der Waals surface area contributed by atoms with Gasteiger partial charge in [-0.05, 0) is 18.1 Å². The van der Waals surface area contributed by atoms with Gasteiger partial charge in [0, 0.05) is 24.7 Å². The van der Waals surface area contributed by atoms with Crippen molar-refractivity contribution in [3.8, 4) is 0 Å². The molecular weight excluding hydrogens is 178 g/mol. The maximum Gasteiger partial charge on any atom is 0.305 e. The second-order valence-corrected chi connectivity index (χ2v) is 3.51. The first-order valence-corrected chi connectivity index (χ1v) is 4.90. The van der Waals surface area contributed by atoms with Crippen LogP contribution < -0.4 is 0 Å². The molecule has 0 spiro atoms. The second-order valence-electron chi connectivity index (χ2n) is 3.51. The van der Waals surface area contributed by atoms with E-state index < -0.39 is 0 Å². The van der Waals surface area contributed by atoms with E-state index in [0.717, 1.165) is 6.42 Å². The van der Waals surface area contributed by atoms with Gasteiger partial charge in [0.05, 0.1) is 0 Å². The first-order valence-electron chi connectivity index (χ1n) is 4.90. The highest BCUT2D eigenvalue weighted by Gasteiger charge is 2.41. The number of pyridine rings is 1. The molecule has 74 valence electrons. The number of nitrogens with zero attached hydrogens (tertiary/aromatic N) is 1. The van der Waals surface area contributed by atoms with Gasteiger partial charge in [0.25, 0.3) is 0 Å². The molecule has 0 amide bonds. The fourth-order valence-corrected chi connectivity index (χ4v) is 1.50. The van der Waals surface area contributed by atoms with Crippen molar-refractivity contribution in [3.05, 3.63) is 30.1 Å². The summed E-state index contributed by atoms with van der Waals surface area (Å²) in [6.45, 7) is 1.81. The maximum absolute atomic E-state index is 11.0. The van der Waals surface area contributed by atoms with Crippen molar-refractivity contribution in [2.24, 2.45) is 0 Å². The van der Waals surface area contributed by atoms with Crippen molar-refractivity contribution in [2.75, 3.05) is 0 Å². The summed E-state index contributed by atoms with van der Waals surface area (Å²) in [6.07, 6.45) is 5.07. The van der Waals surface area contributed by atoms with Crippen molar-refractivity contribution in [2.45, 2.75) is 31.8 Å². The van der Waals surface area contributed by atoms with E-state index in [1.165, 1.54) is 5.56 Å². The van der Waals surface area contributed by atoms with E-state index in [9.17, 15) is 4.79 Å². The largest absolute Gasteiger partial charge is 0.462 e. The molecule has 0 aromatic carbocycles. The summed E-state index contributed by atoms with van der Waals surface area (Å²) in [5.41, 5.74) is 1.17. The Hall–Kier alpha value is -1.38. The van der Waals surface area contributed by atoms with Gasteiger partial charge in [-0.1, -0.05) is 13.0 Å². The van der Waals surface area contributed by atoms with E-state index >= 15 is 0 Å². The van der Waals surface area contributed by atoms with Gasteiger partial charge < -0.3 is 4.74 Å². The van der Waals surface area contributed by atoms with Gasteiger partial charge in [-0.2, -0.15) is 0 Å². The minimum absolute atomic E-state index is 0.0895.